The average Bonchev–Trinajstić information content (AvgIpc) is 2.20. The van der Waals surface area contributed by atoms with Gasteiger partial charge in [0.2, 0.25) is 0 Å². The van der Waals surface area contributed by atoms with E-state index in [2.05, 4.69) is 11.9 Å². The molecule has 10 heavy (non-hydrogen) atoms. The Bertz CT molecular complexity index is 123. The lowest BCUT2D eigenvalue weighted by molar-refractivity contribution is 0.0503. The molecule has 2 rings (SSSR count). The molecule has 0 aliphatic carbocycles. The molecule has 0 aromatic carbocycles. The van der Waals surface area contributed by atoms with Gasteiger partial charge in [0, 0.05) is 12.1 Å². The lowest BCUT2D eigenvalue weighted by Gasteiger charge is -2.33. The molecule has 0 aromatic rings. The number of rotatable bonds is 0. The van der Waals surface area contributed by atoms with Crippen molar-refractivity contribution in [3.05, 3.63) is 0 Å². The standard InChI is InChI=1S/C8H15NO/c1-9-6-2-3-7(9)5-8(10)4-6/h6-8,10H,2-5H2,1H3/t6-,7?,8?/m1/s1. The topological polar surface area (TPSA) is 23.5 Å². The van der Waals surface area contributed by atoms with Crippen molar-refractivity contribution in [1.82, 2.24) is 4.90 Å². The van der Waals surface area contributed by atoms with Gasteiger partial charge in [-0.1, -0.05) is 0 Å². The maximum atomic E-state index is 9.38. The molecule has 0 spiro atoms. The number of fused-ring (bicyclic) bond motifs is 2. The Labute approximate surface area is 61.8 Å². The molecule has 2 saturated heterocycles. The molecule has 0 amide bonds. The van der Waals surface area contributed by atoms with Crippen LogP contribution in [0.3, 0.4) is 0 Å². The second-order valence-corrected chi connectivity index (χ2v) is 3.68. The molecule has 2 fully saturated rings. The predicted octanol–water partition coefficient (Wildman–Crippen LogP) is 0.604. The van der Waals surface area contributed by atoms with Crippen LogP contribution in [0.2, 0.25) is 0 Å². The van der Waals surface area contributed by atoms with E-state index in [9.17, 15) is 5.11 Å². The number of hydrogen-bond donors (Lipinski definition) is 1. The molecule has 0 radical (unpaired) electrons. The maximum Gasteiger partial charge on any atom is 0.0570 e. The zero-order valence-corrected chi connectivity index (χ0v) is 6.45. The number of piperidine rings is 1. The first-order valence-corrected chi connectivity index (χ1v) is 4.17. The highest BCUT2D eigenvalue weighted by atomic mass is 16.3. The average molecular weight is 141 g/mol. The normalized spacial score (nSPS) is 48.0. The van der Waals surface area contributed by atoms with Gasteiger partial charge in [0.1, 0.15) is 0 Å². The van der Waals surface area contributed by atoms with Gasteiger partial charge >= 0.3 is 0 Å². The van der Waals surface area contributed by atoms with E-state index in [-0.39, 0.29) is 6.10 Å². The first-order valence-electron chi connectivity index (χ1n) is 4.17. The van der Waals surface area contributed by atoms with Crippen LogP contribution in [-0.2, 0) is 0 Å². The number of hydrogen-bond acceptors (Lipinski definition) is 2. The second kappa shape index (κ2) is 2.21. The van der Waals surface area contributed by atoms with Crippen molar-refractivity contribution >= 4 is 0 Å². The van der Waals surface area contributed by atoms with E-state index in [1.54, 1.807) is 0 Å². The summed E-state index contributed by atoms with van der Waals surface area (Å²) in [6, 6.07) is 1.38. The highest BCUT2D eigenvalue weighted by Crippen LogP contribution is 2.33. The summed E-state index contributed by atoms with van der Waals surface area (Å²) in [6.07, 6.45) is 4.62. The zero-order valence-electron chi connectivity index (χ0n) is 6.45. The van der Waals surface area contributed by atoms with Gasteiger partial charge in [-0.3, -0.25) is 0 Å². The molecule has 0 aromatic heterocycles. The Morgan fingerprint density at radius 3 is 2.20 bits per heavy atom. The van der Waals surface area contributed by atoms with E-state index in [4.69, 9.17) is 0 Å². The predicted molar refractivity (Wildman–Crippen MR) is 39.8 cm³/mol. The van der Waals surface area contributed by atoms with Gasteiger partial charge in [-0.05, 0) is 32.7 Å². The van der Waals surface area contributed by atoms with E-state index < -0.39 is 0 Å². The van der Waals surface area contributed by atoms with Crippen molar-refractivity contribution in [3.63, 3.8) is 0 Å². The van der Waals surface area contributed by atoms with E-state index in [1.807, 2.05) is 0 Å². The van der Waals surface area contributed by atoms with Gasteiger partial charge in [-0.25, -0.2) is 0 Å². The highest BCUT2D eigenvalue weighted by Gasteiger charge is 2.37. The fraction of sp³-hybridized carbons (Fsp3) is 1.00. The molecular weight excluding hydrogens is 126 g/mol. The molecule has 2 heteroatoms. The molecule has 2 bridgehead atoms. The summed E-state index contributed by atoms with van der Waals surface area (Å²) in [4.78, 5) is 2.44. The Balaban J connectivity index is 2.09. The largest absolute Gasteiger partial charge is 0.393 e. The van der Waals surface area contributed by atoms with Crippen LogP contribution in [0, 0.1) is 0 Å². The zero-order chi connectivity index (χ0) is 7.14. The van der Waals surface area contributed by atoms with Crippen molar-refractivity contribution in [2.24, 2.45) is 0 Å². The first-order chi connectivity index (χ1) is 4.77. The summed E-state index contributed by atoms with van der Waals surface area (Å²) in [7, 11) is 2.19. The van der Waals surface area contributed by atoms with E-state index >= 15 is 0 Å². The van der Waals surface area contributed by atoms with Gasteiger partial charge in [-0.2, -0.15) is 0 Å². The van der Waals surface area contributed by atoms with Crippen molar-refractivity contribution in [3.8, 4) is 0 Å². The number of nitrogens with zero attached hydrogens (tertiary/aromatic N) is 1. The molecule has 2 aliphatic heterocycles. The van der Waals surface area contributed by atoms with Crippen molar-refractivity contribution < 1.29 is 5.11 Å². The van der Waals surface area contributed by atoms with Gasteiger partial charge < -0.3 is 10.0 Å². The van der Waals surface area contributed by atoms with Crippen LogP contribution >= 0.6 is 0 Å². The summed E-state index contributed by atoms with van der Waals surface area (Å²) in [5, 5.41) is 9.38. The molecule has 3 atom stereocenters. The van der Waals surface area contributed by atoms with Crippen LogP contribution in [-0.4, -0.2) is 35.2 Å². The van der Waals surface area contributed by atoms with Gasteiger partial charge in [0.25, 0.3) is 0 Å². The summed E-state index contributed by atoms with van der Waals surface area (Å²) in [5.41, 5.74) is 0. The Kier molecular flexibility index (Phi) is 1.46. The van der Waals surface area contributed by atoms with Gasteiger partial charge in [-0.15, -0.1) is 0 Å². The fourth-order valence-electron chi connectivity index (χ4n) is 2.38. The smallest absolute Gasteiger partial charge is 0.0570 e. The molecule has 2 heterocycles. The molecule has 0 saturated carbocycles. The third-order valence-corrected chi connectivity index (χ3v) is 3.07. The molecule has 58 valence electrons. The minimum Gasteiger partial charge on any atom is -0.393 e. The lowest BCUT2D eigenvalue weighted by Crippen LogP contribution is -2.41. The van der Waals surface area contributed by atoms with Crippen LogP contribution in [0.15, 0.2) is 0 Å². The summed E-state index contributed by atoms with van der Waals surface area (Å²) in [5.74, 6) is 0. The van der Waals surface area contributed by atoms with E-state index in [0.717, 1.165) is 12.8 Å². The molecule has 2 aliphatic rings. The first kappa shape index (κ1) is 6.62. The Morgan fingerprint density at radius 2 is 1.70 bits per heavy atom. The van der Waals surface area contributed by atoms with Crippen molar-refractivity contribution in [2.75, 3.05) is 7.05 Å². The third kappa shape index (κ3) is 0.867. The number of aliphatic hydroxyl groups is 1. The second-order valence-electron chi connectivity index (χ2n) is 3.68. The SMILES string of the molecule is CN1C2CC[C@@H]1CC(O)C2. The molecule has 2 nitrogen and oxygen atoms in total. The molecule has 1 N–H and O–H groups in total. The van der Waals surface area contributed by atoms with Gasteiger partial charge in [0.15, 0.2) is 0 Å². The third-order valence-electron chi connectivity index (χ3n) is 3.07. The summed E-state index contributed by atoms with van der Waals surface area (Å²) in [6.45, 7) is 0. The maximum absolute atomic E-state index is 9.38. The Hall–Kier alpha value is -0.0800. The minimum atomic E-state index is -0.00583. The fourth-order valence-corrected chi connectivity index (χ4v) is 2.38. The summed E-state index contributed by atoms with van der Waals surface area (Å²) < 4.78 is 0. The molecular formula is C8H15NO. The molecule has 2 unspecified atom stereocenters. The van der Waals surface area contributed by atoms with Gasteiger partial charge in [0.05, 0.1) is 6.10 Å². The van der Waals surface area contributed by atoms with Crippen LogP contribution in [0.25, 0.3) is 0 Å². The van der Waals surface area contributed by atoms with Crippen molar-refractivity contribution in [1.29, 1.82) is 0 Å². The Morgan fingerprint density at radius 1 is 1.20 bits per heavy atom. The summed E-state index contributed by atoms with van der Waals surface area (Å²) >= 11 is 0. The van der Waals surface area contributed by atoms with Crippen LogP contribution in [0.1, 0.15) is 25.7 Å². The van der Waals surface area contributed by atoms with Crippen LogP contribution in [0.4, 0.5) is 0 Å². The highest BCUT2D eigenvalue weighted by molar-refractivity contribution is 4.93. The number of aliphatic hydroxyl groups excluding tert-OH is 1. The lowest BCUT2D eigenvalue weighted by atomic mass is 10.0. The van der Waals surface area contributed by atoms with E-state index in [1.165, 1.54) is 12.8 Å². The van der Waals surface area contributed by atoms with Crippen LogP contribution in [0.5, 0.6) is 0 Å². The monoisotopic (exact) mass is 141 g/mol. The van der Waals surface area contributed by atoms with E-state index in [0.29, 0.717) is 12.1 Å². The minimum absolute atomic E-state index is 0.00583. The quantitative estimate of drug-likeness (QED) is 0.534. The van der Waals surface area contributed by atoms with Crippen molar-refractivity contribution in [2.45, 2.75) is 43.9 Å². The van der Waals surface area contributed by atoms with Crippen LogP contribution < -0.4 is 0 Å².